The number of nitrogens with zero attached hydrogens (tertiary/aromatic N) is 1. The van der Waals surface area contributed by atoms with Crippen LogP contribution in [-0.4, -0.2) is 23.0 Å². The fraction of sp³-hybridized carbons (Fsp3) is 0.0417. The number of carbonyl (C=O) groups excluding carboxylic acids is 3. The number of hydrogen-bond donors (Lipinski definition) is 2. The summed E-state index contributed by atoms with van der Waals surface area (Å²) in [5.74, 6) is -1.27. The van der Waals surface area contributed by atoms with Gasteiger partial charge in [-0.25, -0.2) is 9.69 Å². The summed E-state index contributed by atoms with van der Waals surface area (Å²) in [6.07, 6.45) is 1.36. The summed E-state index contributed by atoms with van der Waals surface area (Å²) in [4.78, 5) is 39.0. The standard InChI is InChI=1S/C24H15Br2ClN2O5/c25-15-9-14(21(20(26)11-15)34-12-13-2-1-3-16(27)8-13)10-19-22(31)28-24(33)29(23(19)32)17-4-6-18(30)7-5-17/h1-11,30H,12H2,(H,28,31,33)/b19-10+. The van der Waals surface area contributed by atoms with E-state index < -0.39 is 17.8 Å². The number of benzene rings is 3. The zero-order valence-corrected chi connectivity index (χ0v) is 21.1. The number of nitrogens with one attached hydrogen (secondary N) is 1. The summed E-state index contributed by atoms with van der Waals surface area (Å²) in [5, 5.41) is 12.3. The molecule has 0 spiro atoms. The molecule has 1 heterocycles. The summed E-state index contributed by atoms with van der Waals surface area (Å²) in [6, 6.07) is 15.2. The minimum Gasteiger partial charge on any atom is -0.508 e. The SMILES string of the molecule is O=C1NC(=O)N(c2ccc(O)cc2)C(=O)/C1=C/c1cc(Br)cc(Br)c1OCc1cccc(Cl)c1. The quantitative estimate of drug-likeness (QED) is 0.282. The van der Waals surface area contributed by atoms with Gasteiger partial charge >= 0.3 is 6.03 Å². The summed E-state index contributed by atoms with van der Waals surface area (Å²) < 4.78 is 7.27. The van der Waals surface area contributed by atoms with Crippen molar-refractivity contribution in [2.75, 3.05) is 4.90 Å². The summed E-state index contributed by atoms with van der Waals surface area (Å²) in [7, 11) is 0. The topological polar surface area (TPSA) is 95.9 Å². The molecule has 0 unspecified atom stereocenters. The van der Waals surface area contributed by atoms with Gasteiger partial charge in [0, 0.05) is 15.1 Å². The van der Waals surface area contributed by atoms with Gasteiger partial charge in [0.2, 0.25) is 0 Å². The molecule has 10 heteroatoms. The number of aromatic hydroxyl groups is 1. The van der Waals surface area contributed by atoms with Crippen LogP contribution < -0.4 is 15.0 Å². The molecule has 34 heavy (non-hydrogen) atoms. The predicted molar refractivity (Wildman–Crippen MR) is 135 cm³/mol. The second-order valence-corrected chi connectivity index (χ2v) is 9.41. The lowest BCUT2D eigenvalue weighted by Crippen LogP contribution is -2.54. The van der Waals surface area contributed by atoms with Gasteiger partial charge in [-0.1, -0.05) is 39.7 Å². The van der Waals surface area contributed by atoms with E-state index in [4.69, 9.17) is 16.3 Å². The van der Waals surface area contributed by atoms with Gasteiger partial charge < -0.3 is 9.84 Å². The molecule has 1 aliphatic rings. The second kappa shape index (κ2) is 10.0. The van der Waals surface area contributed by atoms with Crippen molar-refractivity contribution in [2.24, 2.45) is 0 Å². The smallest absolute Gasteiger partial charge is 0.335 e. The Morgan fingerprint density at radius 1 is 1.03 bits per heavy atom. The van der Waals surface area contributed by atoms with Crippen LogP contribution in [0, 0.1) is 0 Å². The molecule has 172 valence electrons. The highest BCUT2D eigenvalue weighted by Crippen LogP contribution is 2.36. The van der Waals surface area contributed by atoms with E-state index in [0.717, 1.165) is 10.5 Å². The van der Waals surface area contributed by atoms with Gasteiger partial charge in [0.1, 0.15) is 23.7 Å². The normalized spacial score (nSPS) is 15.0. The molecule has 4 amide bonds. The average molecular weight is 607 g/mol. The highest BCUT2D eigenvalue weighted by Gasteiger charge is 2.37. The number of rotatable bonds is 5. The fourth-order valence-corrected chi connectivity index (χ4v) is 4.86. The van der Waals surface area contributed by atoms with Crippen LogP contribution in [0.5, 0.6) is 11.5 Å². The van der Waals surface area contributed by atoms with Gasteiger partial charge in [0.05, 0.1) is 10.2 Å². The number of phenolic OH excluding ortho intramolecular Hbond substituents is 1. The maximum Gasteiger partial charge on any atom is 0.335 e. The number of amides is 4. The number of phenols is 1. The molecule has 1 aliphatic heterocycles. The molecular weight excluding hydrogens is 592 g/mol. The molecule has 1 fully saturated rings. The Kier molecular flexibility index (Phi) is 7.06. The third-order valence-corrected chi connectivity index (χ3v) is 6.10. The van der Waals surface area contributed by atoms with E-state index in [2.05, 4.69) is 37.2 Å². The molecule has 1 saturated heterocycles. The Labute approximate surface area is 216 Å². The first-order valence-electron chi connectivity index (χ1n) is 9.79. The van der Waals surface area contributed by atoms with Crippen LogP contribution in [0.1, 0.15) is 11.1 Å². The zero-order valence-electron chi connectivity index (χ0n) is 17.2. The van der Waals surface area contributed by atoms with E-state index in [1.54, 1.807) is 30.3 Å². The number of ether oxygens (including phenoxy) is 1. The average Bonchev–Trinajstić information content (AvgIpc) is 2.77. The Bertz CT molecular complexity index is 1340. The fourth-order valence-electron chi connectivity index (χ4n) is 3.27. The van der Waals surface area contributed by atoms with E-state index in [-0.39, 0.29) is 23.6 Å². The molecule has 4 rings (SSSR count). The van der Waals surface area contributed by atoms with E-state index in [1.165, 1.54) is 30.3 Å². The Balaban J connectivity index is 1.71. The highest BCUT2D eigenvalue weighted by atomic mass is 79.9. The van der Waals surface area contributed by atoms with Crippen molar-refractivity contribution >= 4 is 73.1 Å². The van der Waals surface area contributed by atoms with Crippen LogP contribution in [-0.2, 0) is 16.2 Å². The first-order chi connectivity index (χ1) is 16.2. The molecule has 0 atom stereocenters. The number of barbiturate groups is 1. The number of carbonyl (C=O) groups is 3. The minimum absolute atomic E-state index is 0.0269. The molecule has 7 nitrogen and oxygen atoms in total. The summed E-state index contributed by atoms with van der Waals surface area (Å²) in [6.45, 7) is 0.190. The van der Waals surface area contributed by atoms with E-state index in [0.29, 0.717) is 25.3 Å². The molecule has 0 bridgehead atoms. The van der Waals surface area contributed by atoms with Crippen molar-refractivity contribution in [3.8, 4) is 11.5 Å². The van der Waals surface area contributed by atoms with Crippen LogP contribution >= 0.6 is 43.5 Å². The minimum atomic E-state index is -0.884. The third kappa shape index (κ3) is 5.16. The zero-order chi connectivity index (χ0) is 24.4. The number of urea groups is 1. The Hall–Kier alpha value is -3.14. The van der Waals surface area contributed by atoms with Crippen molar-refractivity contribution in [3.05, 3.63) is 91.3 Å². The summed E-state index contributed by atoms with van der Waals surface area (Å²) >= 11 is 12.9. The highest BCUT2D eigenvalue weighted by molar-refractivity contribution is 9.11. The van der Waals surface area contributed by atoms with Crippen LogP contribution in [0.3, 0.4) is 0 Å². The Morgan fingerprint density at radius 2 is 1.76 bits per heavy atom. The number of imide groups is 2. The van der Waals surface area contributed by atoms with Crippen molar-refractivity contribution in [3.63, 3.8) is 0 Å². The van der Waals surface area contributed by atoms with Gasteiger partial charge in [0.15, 0.2) is 0 Å². The van der Waals surface area contributed by atoms with E-state index in [1.807, 2.05) is 6.07 Å². The molecule has 0 aliphatic carbocycles. The van der Waals surface area contributed by atoms with Crippen LogP contribution in [0.25, 0.3) is 6.08 Å². The molecule has 3 aromatic carbocycles. The van der Waals surface area contributed by atoms with Gasteiger partial charge in [-0.05, 0) is 76.1 Å². The maximum atomic E-state index is 13.2. The Morgan fingerprint density at radius 3 is 2.47 bits per heavy atom. The first-order valence-corrected chi connectivity index (χ1v) is 11.8. The van der Waals surface area contributed by atoms with Crippen molar-refractivity contribution in [1.29, 1.82) is 0 Å². The van der Waals surface area contributed by atoms with Gasteiger partial charge in [-0.15, -0.1) is 0 Å². The van der Waals surface area contributed by atoms with Crippen molar-refractivity contribution in [2.45, 2.75) is 6.61 Å². The molecule has 0 radical (unpaired) electrons. The van der Waals surface area contributed by atoms with Gasteiger partial charge in [0.25, 0.3) is 11.8 Å². The maximum absolute atomic E-state index is 13.2. The predicted octanol–water partition coefficient (Wildman–Crippen LogP) is 5.82. The number of hydrogen-bond acceptors (Lipinski definition) is 5. The monoisotopic (exact) mass is 604 g/mol. The van der Waals surface area contributed by atoms with Gasteiger partial charge in [-0.3, -0.25) is 14.9 Å². The molecule has 3 aromatic rings. The lowest BCUT2D eigenvalue weighted by atomic mass is 10.1. The molecule has 0 saturated carbocycles. The number of halogens is 3. The van der Waals surface area contributed by atoms with E-state index in [9.17, 15) is 19.5 Å². The largest absolute Gasteiger partial charge is 0.508 e. The first kappa shape index (κ1) is 24.0. The molecule has 0 aromatic heterocycles. The lowest BCUT2D eigenvalue weighted by Gasteiger charge is -2.26. The summed E-state index contributed by atoms with van der Waals surface area (Å²) in [5.41, 5.74) is 1.20. The van der Waals surface area contributed by atoms with Crippen molar-refractivity contribution < 1.29 is 24.2 Å². The van der Waals surface area contributed by atoms with Crippen LogP contribution in [0.15, 0.2) is 75.2 Å². The van der Waals surface area contributed by atoms with Crippen LogP contribution in [0.2, 0.25) is 5.02 Å². The second-order valence-electron chi connectivity index (χ2n) is 7.20. The van der Waals surface area contributed by atoms with Gasteiger partial charge in [-0.2, -0.15) is 0 Å². The number of anilines is 1. The van der Waals surface area contributed by atoms with E-state index >= 15 is 0 Å². The van der Waals surface area contributed by atoms with Crippen LogP contribution in [0.4, 0.5) is 10.5 Å². The molecule has 2 N–H and O–H groups in total. The van der Waals surface area contributed by atoms with Crippen molar-refractivity contribution in [1.82, 2.24) is 5.32 Å². The third-order valence-electron chi connectivity index (χ3n) is 4.82. The lowest BCUT2D eigenvalue weighted by molar-refractivity contribution is -0.122. The molecular formula is C24H15Br2ClN2O5.